The summed E-state index contributed by atoms with van der Waals surface area (Å²) in [6, 6.07) is 18.0. The molecule has 30 heavy (non-hydrogen) atoms. The summed E-state index contributed by atoms with van der Waals surface area (Å²) >= 11 is 1.56. The molecule has 7 nitrogen and oxygen atoms in total. The number of amides is 2. The number of rotatable bonds is 5. The molecule has 152 valence electrons. The highest BCUT2D eigenvalue weighted by molar-refractivity contribution is 7.98. The van der Waals surface area contributed by atoms with Crippen molar-refractivity contribution in [1.82, 2.24) is 9.56 Å². The molecule has 0 atom stereocenters. The fourth-order valence-corrected chi connectivity index (χ4v) is 3.75. The van der Waals surface area contributed by atoms with Gasteiger partial charge in [0, 0.05) is 34.2 Å². The first-order chi connectivity index (χ1) is 14.5. The third-order valence-corrected chi connectivity index (χ3v) is 5.34. The van der Waals surface area contributed by atoms with Crippen LogP contribution in [0.25, 0.3) is 5.65 Å². The van der Waals surface area contributed by atoms with E-state index in [0.29, 0.717) is 28.5 Å². The molecule has 2 aromatic heterocycles. The van der Waals surface area contributed by atoms with Crippen molar-refractivity contribution in [1.29, 1.82) is 0 Å². The molecular formula is C22H20N4O3S. The Morgan fingerprint density at radius 3 is 2.57 bits per heavy atom. The Hall–Kier alpha value is -3.52. The Balaban J connectivity index is 1.35. The first kappa shape index (κ1) is 19.8. The van der Waals surface area contributed by atoms with Gasteiger partial charge in [-0.25, -0.2) is 9.78 Å². The normalized spacial score (nSPS) is 10.9. The Labute approximate surface area is 177 Å². The maximum absolute atomic E-state index is 12.2. The summed E-state index contributed by atoms with van der Waals surface area (Å²) in [5.74, 6) is 1.19. The van der Waals surface area contributed by atoms with Gasteiger partial charge in [0.15, 0.2) is 5.65 Å². The SMILES string of the molecule is Cc1cccc(NC(=O)Nc2ccc(SCc3cc(=O)n4oc(C)cc4n3)cc2)c1. The molecule has 0 saturated heterocycles. The van der Waals surface area contributed by atoms with Crippen LogP contribution in [-0.2, 0) is 5.75 Å². The van der Waals surface area contributed by atoms with Gasteiger partial charge in [-0.1, -0.05) is 12.1 Å². The number of carbonyl (C=O) groups excluding carboxylic acids is 1. The van der Waals surface area contributed by atoms with Crippen LogP contribution >= 0.6 is 11.8 Å². The fraction of sp³-hybridized carbons (Fsp3) is 0.136. The van der Waals surface area contributed by atoms with Crippen LogP contribution in [0.3, 0.4) is 0 Å². The second-order valence-electron chi connectivity index (χ2n) is 6.85. The summed E-state index contributed by atoms with van der Waals surface area (Å²) in [6.45, 7) is 3.75. The van der Waals surface area contributed by atoms with Gasteiger partial charge in [0.1, 0.15) is 5.76 Å². The number of aromatic nitrogens is 2. The zero-order chi connectivity index (χ0) is 21.1. The van der Waals surface area contributed by atoms with Gasteiger partial charge in [-0.2, -0.15) is 0 Å². The topological polar surface area (TPSA) is 88.6 Å². The molecule has 4 rings (SSSR count). The fourth-order valence-electron chi connectivity index (χ4n) is 2.96. The number of hydrogen-bond acceptors (Lipinski definition) is 5. The predicted octanol–water partition coefficient (Wildman–Crippen LogP) is 4.84. The third kappa shape index (κ3) is 4.72. The number of nitrogens with one attached hydrogen (secondary N) is 2. The molecule has 0 aliphatic carbocycles. The number of carbonyl (C=O) groups is 1. The Morgan fingerprint density at radius 2 is 1.80 bits per heavy atom. The lowest BCUT2D eigenvalue weighted by atomic mass is 10.2. The first-order valence-corrected chi connectivity index (χ1v) is 10.3. The molecular weight excluding hydrogens is 400 g/mol. The minimum absolute atomic E-state index is 0.233. The molecule has 0 aliphatic heterocycles. The van der Waals surface area contributed by atoms with Crippen LogP contribution in [-0.4, -0.2) is 15.6 Å². The van der Waals surface area contributed by atoms with E-state index in [0.717, 1.165) is 16.1 Å². The second kappa shape index (κ2) is 8.46. The Bertz CT molecular complexity index is 1260. The Morgan fingerprint density at radius 1 is 1.03 bits per heavy atom. The number of anilines is 2. The summed E-state index contributed by atoms with van der Waals surface area (Å²) in [5, 5.41) is 5.63. The van der Waals surface area contributed by atoms with Gasteiger partial charge in [-0.05, 0) is 55.8 Å². The summed E-state index contributed by atoms with van der Waals surface area (Å²) in [6.07, 6.45) is 0. The van der Waals surface area contributed by atoms with E-state index < -0.39 is 0 Å². The quantitative estimate of drug-likeness (QED) is 0.451. The molecule has 2 aromatic carbocycles. The summed E-state index contributed by atoms with van der Waals surface area (Å²) < 4.78 is 6.49. The monoisotopic (exact) mass is 420 g/mol. The molecule has 0 radical (unpaired) electrons. The summed E-state index contributed by atoms with van der Waals surface area (Å²) in [4.78, 5) is 29.7. The highest BCUT2D eigenvalue weighted by Gasteiger charge is 2.08. The van der Waals surface area contributed by atoms with Crippen molar-refractivity contribution in [2.45, 2.75) is 24.5 Å². The maximum Gasteiger partial charge on any atom is 0.323 e. The van der Waals surface area contributed by atoms with Crippen LogP contribution in [0.15, 0.2) is 74.9 Å². The Kier molecular flexibility index (Phi) is 5.58. The number of fused-ring (bicyclic) bond motifs is 1. The van der Waals surface area contributed by atoms with E-state index in [4.69, 9.17) is 4.52 Å². The number of aryl methyl sites for hydroxylation is 2. The van der Waals surface area contributed by atoms with Crippen molar-refractivity contribution in [2.75, 3.05) is 10.6 Å². The largest absolute Gasteiger partial charge is 0.375 e. The van der Waals surface area contributed by atoms with Gasteiger partial charge in [0.05, 0.1) is 5.69 Å². The van der Waals surface area contributed by atoms with E-state index in [1.54, 1.807) is 24.8 Å². The van der Waals surface area contributed by atoms with E-state index >= 15 is 0 Å². The van der Waals surface area contributed by atoms with Crippen LogP contribution in [0, 0.1) is 13.8 Å². The van der Waals surface area contributed by atoms with E-state index in [1.807, 2.05) is 55.5 Å². The second-order valence-corrected chi connectivity index (χ2v) is 7.89. The molecule has 2 amide bonds. The molecule has 2 N–H and O–H groups in total. The van der Waals surface area contributed by atoms with Crippen LogP contribution in [0.4, 0.5) is 16.2 Å². The summed E-state index contributed by atoms with van der Waals surface area (Å²) in [7, 11) is 0. The van der Waals surface area contributed by atoms with Crippen molar-refractivity contribution in [3.8, 4) is 0 Å². The van der Waals surface area contributed by atoms with Crippen molar-refractivity contribution in [3.63, 3.8) is 0 Å². The number of thioether (sulfide) groups is 1. The predicted molar refractivity (Wildman–Crippen MR) is 118 cm³/mol. The van der Waals surface area contributed by atoms with Crippen molar-refractivity contribution < 1.29 is 9.32 Å². The van der Waals surface area contributed by atoms with Gasteiger partial charge in [0.2, 0.25) is 0 Å². The molecule has 0 spiro atoms. The molecule has 4 aromatic rings. The van der Waals surface area contributed by atoms with E-state index in [1.165, 1.54) is 10.6 Å². The molecule has 0 unspecified atom stereocenters. The molecule has 0 aliphatic rings. The lowest BCUT2D eigenvalue weighted by Crippen LogP contribution is -2.19. The van der Waals surface area contributed by atoms with Crippen molar-refractivity contribution >= 4 is 34.8 Å². The first-order valence-electron chi connectivity index (χ1n) is 9.33. The van der Waals surface area contributed by atoms with E-state index in [-0.39, 0.29) is 11.6 Å². The molecule has 0 saturated carbocycles. The average molecular weight is 420 g/mol. The molecule has 0 bridgehead atoms. The van der Waals surface area contributed by atoms with Gasteiger partial charge < -0.3 is 15.2 Å². The number of nitrogens with zero attached hydrogens (tertiary/aromatic N) is 2. The van der Waals surface area contributed by atoms with Crippen LogP contribution < -0.4 is 16.2 Å². The van der Waals surface area contributed by atoms with Crippen LogP contribution in [0.1, 0.15) is 17.0 Å². The molecule has 0 fully saturated rings. The highest BCUT2D eigenvalue weighted by Crippen LogP contribution is 2.24. The number of hydrogen-bond donors (Lipinski definition) is 2. The smallest absolute Gasteiger partial charge is 0.323 e. The summed E-state index contributed by atoms with van der Waals surface area (Å²) in [5.41, 5.74) is 3.47. The number of urea groups is 1. The van der Waals surface area contributed by atoms with Crippen LogP contribution in [0.2, 0.25) is 0 Å². The van der Waals surface area contributed by atoms with Gasteiger partial charge in [-0.15, -0.1) is 16.3 Å². The number of benzene rings is 2. The van der Waals surface area contributed by atoms with Crippen molar-refractivity contribution in [3.05, 3.63) is 88.0 Å². The lowest BCUT2D eigenvalue weighted by molar-refractivity contribution is 0.262. The standard InChI is InChI=1S/C22H20N4O3S/c1-14-4-3-5-17(10-14)25-22(28)24-16-6-8-19(9-7-16)30-13-18-12-21(27)26-20(23-18)11-15(2)29-26/h3-12H,13H2,1-2H3,(H2,24,25,28). The lowest BCUT2D eigenvalue weighted by Gasteiger charge is -2.09. The minimum atomic E-state index is -0.297. The van der Waals surface area contributed by atoms with E-state index in [9.17, 15) is 9.59 Å². The third-order valence-electron chi connectivity index (χ3n) is 4.30. The molecule has 8 heteroatoms. The van der Waals surface area contributed by atoms with Crippen LogP contribution in [0.5, 0.6) is 0 Å². The zero-order valence-corrected chi connectivity index (χ0v) is 17.3. The highest BCUT2D eigenvalue weighted by atomic mass is 32.2. The van der Waals surface area contributed by atoms with E-state index in [2.05, 4.69) is 15.6 Å². The van der Waals surface area contributed by atoms with Gasteiger partial charge in [0.25, 0.3) is 5.56 Å². The minimum Gasteiger partial charge on any atom is -0.375 e. The zero-order valence-electron chi connectivity index (χ0n) is 16.5. The van der Waals surface area contributed by atoms with Gasteiger partial charge in [-0.3, -0.25) is 4.79 Å². The maximum atomic E-state index is 12.2. The van der Waals surface area contributed by atoms with Crippen molar-refractivity contribution in [2.24, 2.45) is 0 Å². The average Bonchev–Trinajstić information content (AvgIpc) is 3.08. The molecule has 2 heterocycles. The van der Waals surface area contributed by atoms with Gasteiger partial charge >= 0.3 is 6.03 Å².